The third kappa shape index (κ3) is 13.4. The molecule has 3 N–H and O–H groups in total. The van der Waals surface area contributed by atoms with Crippen LogP contribution in [-0.4, -0.2) is 107 Å². The molecule has 60 heavy (non-hydrogen) atoms. The lowest BCUT2D eigenvalue weighted by Crippen LogP contribution is -2.51. The van der Waals surface area contributed by atoms with Crippen LogP contribution in [0.4, 0.5) is 4.79 Å². The van der Waals surface area contributed by atoms with Crippen LogP contribution in [0.1, 0.15) is 52.5 Å². The van der Waals surface area contributed by atoms with Crippen molar-refractivity contribution in [2.75, 3.05) is 46.4 Å². The zero-order valence-electron chi connectivity index (χ0n) is 34.8. The van der Waals surface area contributed by atoms with E-state index in [2.05, 4.69) is 10.4 Å². The minimum absolute atomic E-state index is 0.0282. The Morgan fingerprint density at radius 2 is 1.65 bits per heavy atom. The van der Waals surface area contributed by atoms with E-state index in [0.29, 0.717) is 42.3 Å². The molecule has 0 bridgehead atoms. The highest BCUT2D eigenvalue weighted by molar-refractivity contribution is 7.89. The Bertz CT molecular complexity index is 1970. The number of hydrogen-bond donors (Lipinski definition) is 3. The van der Waals surface area contributed by atoms with Crippen molar-refractivity contribution in [3.8, 4) is 17.2 Å². The van der Waals surface area contributed by atoms with E-state index in [1.807, 2.05) is 20.8 Å². The molecule has 0 aromatic heterocycles. The molecule has 2 heterocycles. The highest BCUT2D eigenvalue weighted by Crippen LogP contribution is 2.44. The number of alkyl carbamates (subject to hydrolysis) is 1. The molecule has 330 valence electrons. The van der Waals surface area contributed by atoms with Crippen LogP contribution in [0.2, 0.25) is 0 Å². The molecular formula is C42H58N3O13PS. The lowest BCUT2D eigenvalue weighted by molar-refractivity contribution is -0.145. The number of rotatable bonds is 23. The average molecular weight is 876 g/mol. The molecule has 2 fully saturated rings. The number of ether oxygens (including phenoxy) is 6. The number of hydrogen-bond acceptors (Lipinski definition) is 13. The number of sulfonamides is 1. The number of benzene rings is 3. The summed E-state index contributed by atoms with van der Waals surface area (Å²) in [5, 5.41) is 17.3. The van der Waals surface area contributed by atoms with Gasteiger partial charge in [-0.2, -0.15) is 4.31 Å². The van der Waals surface area contributed by atoms with Gasteiger partial charge in [0.2, 0.25) is 10.0 Å². The Labute approximate surface area is 352 Å². The lowest BCUT2D eigenvalue weighted by Gasteiger charge is -2.31. The number of carbonyl (C=O) groups is 2. The Hall–Kier alpha value is -4.22. The second kappa shape index (κ2) is 22.0. The van der Waals surface area contributed by atoms with Crippen molar-refractivity contribution in [2.24, 2.45) is 11.8 Å². The van der Waals surface area contributed by atoms with Crippen LogP contribution in [0.15, 0.2) is 83.8 Å². The molecule has 2 aliphatic heterocycles. The predicted molar refractivity (Wildman–Crippen MR) is 222 cm³/mol. The van der Waals surface area contributed by atoms with E-state index in [0.717, 1.165) is 6.42 Å². The zero-order chi connectivity index (χ0) is 43.3. The van der Waals surface area contributed by atoms with Crippen molar-refractivity contribution >= 4 is 29.6 Å². The van der Waals surface area contributed by atoms with Crippen LogP contribution in [0, 0.1) is 11.8 Å². The summed E-state index contributed by atoms with van der Waals surface area (Å²) in [6, 6.07) is 19.2. The maximum atomic E-state index is 14.1. The van der Waals surface area contributed by atoms with Gasteiger partial charge in [0.05, 0.1) is 49.9 Å². The highest BCUT2D eigenvalue weighted by atomic mass is 32.2. The van der Waals surface area contributed by atoms with E-state index in [9.17, 15) is 27.7 Å². The number of aliphatic hydroxyl groups excluding tert-OH is 1. The molecule has 1 amide bonds. The van der Waals surface area contributed by atoms with Crippen LogP contribution in [0.3, 0.4) is 0 Å². The summed E-state index contributed by atoms with van der Waals surface area (Å²) in [5.41, 5.74) is 0.652. The number of esters is 1. The standard InChI is InChI=1S/C42H58N3O13PS/c1-6-7-22-53-40(47)30(4)44-59(49,58-34-11-9-8-10-12-34)28-56-33-15-13-31(14-16-33)24-37(43-42(48)57-39-27-55-41-36(39)21-23-54-41)38(46)26-45(25-29(2)3)60(50,51)35-19-17-32(52-5)18-20-35/h8-20,29-30,36-39,41,46H,6-7,21-28H2,1-5H3,(H,43,48)(H,44,49)/t30-,36-,37-,38+,39-,41+,59?/m0/s1. The fourth-order valence-corrected chi connectivity index (χ4v) is 10.0. The SMILES string of the molecule is CCCCOC(=O)[C@H](C)NP(=O)(COc1ccc(C[C@H](NC(=O)O[C@H]2CO[C@H]3OCC[C@H]32)[C@H](O)CN(CC(C)C)S(=O)(=O)c2ccc(OC)cc2)cc1)Oc1ccccc1. The third-order valence-corrected chi connectivity index (χ3v) is 13.5. The first-order valence-electron chi connectivity index (χ1n) is 20.2. The number of fused-ring (bicyclic) bond motifs is 1. The fourth-order valence-electron chi connectivity index (χ4n) is 6.73. The molecule has 18 heteroatoms. The normalized spacial score (nSPS) is 20.1. The number of para-hydroxylation sites is 1. The minimum atomic E-state index is -4.08. The smallest absolute Gasteiger partial charge is 0.407 e. The van der Waals surface area contributed by atoms with Gasteiger partial charge in [0.25, 0.3) is 0 Å². The van der Waals surface area contributed by atoms with Crippen molar-refractivity contribution < 1.29 is 60.6 Å². The van der Waals surface area contributed by atoms with Gasteiger partial charge >= 0.3 is 19.6 Å². The molecule has 0 aliphatic carbocycles. The van der Waals surface area contributed by atoms with Gasteiger partial charge in [-0.05, 0) is 86.2 Å². The summed E-state index contributed by atoms with van der Waals surface area (Å²) in [6.45, 7) is 7.93. The first-order chi connectivity index (χ1) is 28.7. The second-order valence-corrected chi connectivity index (χ2v) is 19.2. The molecule has 16 nitrogen and oxygen atoms in total. The molecule has 3 aromatic rings. The molecule has 3 aromatic carbocycles. The molecule has 0 saturated carbocycles. The van der Waals surface area contributed by atoms with Crippen molar-refractivity contribution in [2.45, 2.75) is 88.9 Å². The third-order valence-electron chi connectivity index (χ3n) is 9.93. The Morgan fingerprint density at radius 1 is 0.950 bits per heavy atom. The lowest BCUT2D eigenvalue weighted by atomic mass is 10.0. The minimum Gasteiger partial charge on any atom is -0.497 e. The van der Waals surface area contributed by atoms with Gasteiger partial charge < -0.3 is 43.4 Å². The van der Waals surface area contributed by atoms with E-state index in [4.69, 9.17) is 32.9 Å². The summed E-state index contributed by atoms with van der Waals surface area (Å²) in [6.07, 6.45) is -1.32. The largest absolute Gasteiger partial charge is 0.497 e. The van der Waals surface area contributed by atoms with Crippen LogP contribution in [-0.2, 0) is 44.8 Å². The van der Waals surface area contributed by atoms with Gasteiger partial charge in [-0.25, -0.2) is 18.3 Å². The summed E-state index contributed by atoms with van der Waals surface area (Å²) in [5.74, 6) is 0.349. The first-order valence-corrected chi connectivity index (χ1v) is 23.5. The highest BCUT2D eigenvalue weighted by Gasteiger charge is 2.44. The van der Waals surface area contributed by atoms with Crippen LogP contribution in [0.5, 0.6) is 17.2 Å². The van der Waals surface area contributed by atoms with Gasteiger partial charge in [0, 0.05) is 13.1 Å². The van der Waals surface area contributed by atoms with Gasteiger partial charge in [0.15, 0.2) is 12.6 Å². The monoisotopic (exact) mass is 875 g/mol. The predicted octanol–water partition coefficient (Wildman–Crippen LogP) is 5.73. The topological polar surface area (TPSA) is 197 Å². The molecule has 5 rings (SSSR count). The number of carbonyl (C=O) groups excluding carboxylic acids is 2. The molecule has 0 radical (unpaired) electrons. The van der Waals surface area contributed by atoms with Gasteiger partial charge in [-0.3, -0.25) is 9.36 Å². The van der Waals surface area contributed by atoms with Crippen LogP contribution < -0.4 is 24.4 Å². The number of nitrogens with zero attached hydrogens (tertiary/aromatic N) is 1. The van der Waals surface area contributed by atoms with Crippen molar-refractivity contribution in [1.82, 2.24) is 14.7 Å². The first kappa shape index (κ1) is 46.8. The van der Waals surface area contributed by atoms with Crippen molar-refractivity contribution in [3.05, 3.63) is 84.4 Å². The van der Waals surface area contributed by atoms with E-state index >= 15 is 0 Å². The van der Waals surface area contributed by atoms with Crippen molar-refractivity contribution in [3.63, 3.8) is 0 Å². The Balaban J connectivity index is 1.31. The fraction of sp³-hybridized carbons (Fsp3) is 0.524. The number of nitrogens with one attached hydrogen (secondary N) is 2. The Morgan fingerprint density at radius 3 is 2.32 bits per heavy atom. The van der Waals surface area contributed by atoms with Gasteiger partial charge in [0.1, 0.15) is 29.4 Å². The number of aliphatic hydroxyl groups is 1. The zero-order valence-corrected chi connectivity index (χ0v) is 36.5. The van der Waals surface area contributed by atoms with E-state index in [1.54, 1.807) is 66.7 Å². The van der Waals surface area contributed by atoms with E-state index < -0.39 is 66.5 Å². The van der Waals surface area contributed by atoms with E-state index in [1.165, 1.54) is 30.5 Å². The molecule has 0 spiro atoms. The van der Waals surface area contributed by atoms with Gasteiger partial charge in [-0.15, -0.1) is 0 Å². The summed E-state index contributed by atoms with van der Waals surface area (Å²) >= 11 is 0. The summed E-state index contributed by atoms with van der Waals surface area (Å²) in [4.78, 5) is 26.1. The summed E-state index contributed by atoms with van der Waals surface area (Å²) in [7, 11) is -6.44. The Kier molecular flexibility index (Phi) is 17.2. The average Bonchev–Trinajstić information content (AvgIpc) is 3.85. The molecule has 7 atom stereocenters. The molecular weight excluding hydrogens is 818 g/mol. The maximum Gasteiger partial charge on any atom is 0.407 e. The number of unbranched alkanes of at least 4 members (excludes halogenated alkanes) is 1. The quantitative estimate of drug-likeness (QED) is 0.0593. The van der Waals surface area contributed by atoms with Crippen LogP contribution in [0.25, 0.3) is 0 Å². The maximum absolute atomic E-state index is 14.1. The van der Waals surface area contributed by atoms with Crippen LogP contribution >= 0.6 is 7.52 Å². The number of methoxy groups -OCH3 is 1. The molecule has 2 saturated heterocycles. The van der Waals surface area contributed by atoms with E-state index in [-0.39, 0.29) is 49.5 Å². The number of amides is 1. The summed E-state index contributed by atoms with van der Waals surface area (Å²) < 4.78 is 82.4. The van der Waals surface area contributed by atoms with Crippen molar-refractivity contribution in [1.29, 1.82) is 0 Å². The van der Waals surface area contributed by atoms with Gasteiger partial charge in [-0.1, -0.05) is 57.5 Å². The molecule has 1 unspecified atom stereocenters. The molecule has 2 aliphatic rings. The second-order valence-electron chi connectivity index (χ2n) is 15.2.